The van der Waals surface area contributed by atoms with E-state index >= 15 is 0 Å². The molecule has 8 nitrogen and oxygen atoms in total. The molecule has 0 radical (unpaired) electrons. The first-order valence-corrected chi connectivity index (χ1v) is 9.11. The molecule has 0 atom stereocenters. The first-order chi connectivity index (χ1) is 12.8. The Bertz CT molecular complexity index is 768. The zero-order valence-corrected chi connectivity index (χ0v) is 15.6. The monoisotopic (exact) mass is 372 g/mol. The molecule has 0 aromatic heterocycles. The number of nitrogens with zero attached hydrogens (tertiary/aromatic N) is 2. The fourth-order valence-corrected chi connectivity index (χ4v) is 3.58. The van der Waals surface area contributed by atoms with Gasteiger partial charge in [0.2, 0.25) is 11.8 Å². The number of hydrogen-bond acceptors (Lipinski definition) is 4. The van der Waals surface area contributed by atoms with E-state index in [9.17, 15) is 19.2 Å². The highest BCUT2D eigenvalue weighted by Gasteiger charge is 2.52. The molecule has 1 saturated heterocycles. The number of hydrogen-bond donors (Lipinski definition) is 2. The van der Waals surface area contributed by atoms with E-state index in [1.807, 2.05) is 0 Å². The minimum absolute atomic E-state index is 0.0321. The van der Waals surface area contributed by atoms with Crippen LogP contribution < -0.4 is 15.5 Å². The van der Waals surface area contributed by atoms with Crippen LogP contribution in [-0.2, 0) is 14.4 Å². The maximum absolute atomic E-state index is 12.5. The molecule has 1 spiro atoms. The summed E-state index contributed by atoms with van der Waals surface area (Å²) in [5.74, 6) is -0.578. The normalized spacial score (nSPS) is 17.9. The van der Waals surface area contributed by atoms with Crippen molar-refractivity contribution in [2.24, 2.45) is 0 Å². The molecule has 1 aromatic rings. The van der Waals surface area contributed by atoms with Gasteiger partial charge in [0.05, 0.1) is 0 Å². The molecule has 3 rings (SSSR count). The van der Waals surface area contributed by atoms with Crippen molar-refractivity contribution in [2.45, 2.75) is 44.6 Å². The number of nitrogens with one attached hydrogen (secondary N) is 2. The van der Waals surface area contributed by atoms with Gasteiger partial charge in [-0.25, -0.2) is 4.79 Å². The summed E-state index contributed by atoms with van der Waals surface area (Å²) in [6.07, 6.45) is 3.22. The van der Waals surface area contributed by atoms with Gasteiger partial charge in [0.1, 0.15) is 5.54 Å². The molecule has 0 bridgehead atoms. The van der Waals surface area contributed by atoms with Gasteiger partial charge in [0.25, 0.3) is 5.91 Å². The lowest BCUT2D eigenvalue weighted by Crippen LogP contribution is -2.44. The van der Waals surface area contributed by atoms with Crippen LogP contribution in [0.25, 0.3) is 0 Å². The highest BCUT2D eigenvalue weighted by Crippen LogP contribution is 2.35. The number of imide groups is 1. The third-order valence-corrected chi connectivity index (χ3v) is 5.28. The lowest BCUT2D eigenvalue weighted by Gasteiger charge is -2.20. The van der Waals surface area contributed by atoms with Gasteiger partial charge in [-0.15, -0.1) is 0 Å². The van der Waals surface area contributed by atoms with Crippen molar-refractivity contribution in [3.63, 3.8) is 0 Å². The summed E-state index contributed by atoms with van der Waals surface area (Å²) in [7, 11) is 1.67. The molecule has 1 aromatic carbocycles. The van der Waals surface area contributed by atoms with Crippen molar-refractivity contribution in [2.75, 3.05) is 23.8 Å². The number of carbonyl (C=O) groups is 4. The molecule has 2 aliphatic rings. The quantitative estimate of drug-likeness (QED) is 0.771. The number of benzene rings is 1. The van der Waals surface area contributed by atoms with Crippen LogP contribution in [-0.4, -0.2) is 47.8 Å². The number of amides is 5. The molecule has 5 amide bonds. The Morgan fingerprint density at radius 2 is 1.81 bits per heavy atom. The van der Waals surface area contributed by atoms with Crippen LogP contribution in [0, 0.1) is 0 Å². The topological polar surface area (TPSA) is 98.8 Å². The molecule has 1 aliphatic heterocycles. The van der Waals surface area contributed by atoms with E-state index < -0.39 is 11.6 Å². The molecule has 144 valence electrons. The fraction of sp³-hybridized carbons (Fsp3) is 0.474. The minimum Gasteiger partial charge on any atom is -0.326 e. The molecule has 0 unspecified atom stereocenters. The lowest BCUT2D eigenvalue weighted by molar-refractivity contribution is -0.131. The van der Waals surface area contributed by atoms with Gasteiger partial charge in [0, 0.05) is 38.3 Å². The SMILES string of the molecule is CC(=O)N(C)c1ccc(NC(=O)CCN2C(=O)NC3(CCCC3)C2=O)cc1. The van der Waals surface area contributed by atoms with Gasteiger partial charge >= 0.3 is 6.03 Å². The second kappa shape index (κ2) is 7.38. The molecular weight excluding hydrogens is 348 g/mol. The van der Waals surface area contributed by atoms with Crippen molar-refractivity contribution in [1.29, 1.82) is 0 Å². The molecule has 2 N–H and O–H groups in total. The van der Waals surface area contributed by atoms with E-state index in [1.54, 1.807) is 31.3 Å². The number of anilines is 2. The summed E-state index contributed by atoms with van der Waals surface area (Å²) in [5.41, 5.74) is 0.568. The van der Waals surface area contributed by atoms with E-state index in [4.69, 9.17) is 0 Å². The van der Waals surface area contributed by atoms with Gasteiger partial charge in [-0.3, -0.25) is 19.3 Å². The minimum atomic E-state index is -0.744. The van der Waals surface area contributed by atoms with E-state index in [-0.39, 0.29) is 30.7 Å². The van der Waals surface area contributed by atoms with E-state index in [0.717, 1.165) is 23.4 Å². The van der Waals surface area contributed by atoms with Crippen molar-refractivity contribution in [1.82, 2.24) is 10.2 Å². The molecule has 27 heavy (non-hydrogen) atoms. The average Bonchev–Trinajstić information content (AvgIpc) is 3.19. The van der Waals surface area contributed by atoms with Gasteiger partial charge in [0.15, 0.2) is 0 Å². The summed E-state index contributed by atoms with van der Waals surface area (Å²) in [4.78, 5) is 50.8. The van der Waals surface area contributed by atoms with Crippen LogP contribution in [0.2, 0.25) is 0 Å². The average molecular weight is 372 g/mol. The standard InChI is InChI=1S/C19H24N4O4/c1-13(24)22(2)15-7-5-14(6-8-15)20-16(25)9-12-23-17(26)19(21-18(23)27)10-3-4-11-19/h5-8H,3-4,9-12H2,1-2H3,(H,20,25)(H,21,27). The second-order valence-electron chi connectivity index (χ2n) is 7.10. The molecule has 2 fully saturated rings. The Morgan fingerprint density at radius 1 is 1.19 bits per heavy atom. The van der Waals surface area contributed by atoms with E-state index in [0.29, 0.717) is 18.5 Å². The first kappa shape index (κ1) is 18.9. The van der Waals surface area contributed by atoms with E-state index in [1.165, 1.54) is 11.8 Å². The molecular formula is C19H24N4O4. The maximum Gasteiger partial charge on any atom is 0.325 e. The molecule has 1 saturated carbocycles. The predicted octanol–water partition coefficient (Wildman–Crippen LogP) is 1.86. The highest BCUT2D eigenvalue weighted by molar-refractivity contribution is 6.07. The number of urea groups is 1. The van der Waals surface area contributed by atoms with Crippen LogP contribution in [0.5, 0.6) is 0 Å². The molecule has 1 heterocycles. The Hall–Kier alpha value is -2.90. The molecule has 8 heteroatoms. The summed E-state index contributed by atoms with van der Waals surface area (Å²) in [5, 5.41) is 5.54. The second-order valence-corrected chi connectivity index (χ2v) is 7.10. The third-order valence-electron chi connectivity index (χ3n) is 5.28. The summed E-state index contributed by atoms with van der Waals surface area (Å²) in [6, 6.07) is 6.46. The maximum atomic E-state index is 12.5. The van der Waals surface area contributed by atoms with Crippen LogP contribution in [0.15, 0.2) is 24.3 Å². The van der Waals surface area contributed by atoms with E-state index in [2.05, 4.69) is 10.6 Å². The smallest absolute Gasteiger partial charge is 0.325 e. The lowest BCUT2D eigenvalue weighted by atomic mass is 9.98. The Morgan fingerprint density at radius 3 is 2.41 bits per heavy atom. The fourth-order valence-electron chi connectivity index (χ4n) is 3.58. The van der Waals surface area contributed by atoms with Crippen LogP contribution >= 0.6 is 0 Å². The highest BCUT2D eigenvalue weighted by atomic mass is 16.2. The third kappa shape index (κ3) is 3.79. The van der Waals surface area contributed by atoms with Crippen molar-refractivity contribution in [3.05, 3.63) is 24.3 Å². The zero-order chi connectivity index (χ0) is 19.6. The summed E-state index contributed by atoms with van der Waals surface area (Å²) >= 11 is 0. The predicted molar refractivity (Wildman–Crippen MR) is 100 cm³/mol. The first-order valence-electron chi connectivity index (χ1n) is 9.11. The van der Waals surface area contributed by atoms with Crippen molar-refractivity contribution in [3.8, 4) is 0 Å². The Labute approximate surface area is 157 Å². The summed E-state index contributed by atoms with van der Waals surface area (Å²) in [6.45, 7) is 1.53. The van der Waals surface area contributed by atoms with Crippen molar-refractivity contribution >= 4 is 35.1 Å². The largest absolute Gasteiger partial charge is 0.326 e. The van der Waals surface area contributed by atoms with Crippen LogP contribution in [0.1, 0.15) is 39.0 Å². The van der Waals surface area contributed by atoms with Crippen LogP contribution in [0.3, 0.4) is 0 Å². The van der Waals surface area contributed by atoms with Crippen LogP contribution in [0.4, 0.5) is 16.2 Å². The number of carbonyl (C=O) groups excluding carboxylic acids is 4. The zero-order valence-electron chi connectivity index (χ0n) is 15.6. The Balaban J connectivity index is 1.53. The number of rotatable bonds is 5. The van der Waals surface area contributed by atoms with Crippen molar-refractivity contribution < 1.29 is 19.2 Å². The van der Waals surface area contributed by atoms with Gasteiger partial charge in [-0.05, 0) is 37.1 Å². The summed E-state index contributed by atoms with van der Waals surface area (Å²) < 4.78 is 0. The van der Waals surface area contributed by atoms with Gasteiger partial charge in [-0.1, -0.05) is 12.8 Å². The Kier molecular flexibility index (Phi) is 5.16. The molecule has 1 aliphatic carbocycles. The van der Waals surface area contributed by atoms with Gasteiger partial charge < -0.3 is 15.5 Å². The van der Waals surface area contributed by atoms with Gasteiger partial charge in [-0.2, -0.15) is 0 Å².